The lowest BCUT2D eigenvalue weighted by Crippen LogP contribution is -2.34. The smallest absolute Gasteiger partial charge is 0.0727 e. The first kappa shape index (κ1) is 12.6. The van der Waals surface area contributed by atoms with Crippen LogP contribution in [0.2, 0.25) is 0 Å². The van der Waals surface area contributed by atoms with Crippen LogP contribution in [-0.4, -0.2) is 35.6 Å². The molecule has 0 spiro atoms. The van der Waals surface area contributed by atoms with E-state index in [0.717, 1.165) is 6.42 Å². The Labute approximate surface area is 80.0 Å². The Morgan fingerprint density at radius 3 is 2.15 bits per heavy atom. The van der Waals surface area contributed by atoms with Crippen LogP contribution in [0.25, 0.3) is 0 Å². The van der Waals surface area contributed by atoms with E-state index in [-0.39, 0.29) is 18.8 Å². The van der Waals surface area contributed by atoms with Crippen LogP contribution >= 0.6 is 0 Å². The Hall–Kier alpha value is -0.380. The molecule has 3 nitrogen and oxygen atoms in total. The third-order valence-corrected chi connectivity index (χ3v) is 2.29. The highest BCUT2D eigenvalue weighted by Crippen LogP contribution is 2.24. The maximum atomic E-state index is 8.87. The van der Waals surface area contributed by atoms with Gasteiger partial charge in [-0.2, -0.15) is 0 Å². The molecule has 0 aliphatic carbocycles. The first-order valence-corrected chi connectivity index (χ1v) is 4.71. The molecule has 3 heteroatoms. The van der Waals surface area contributed by atoms with Gasteiger partial charge in [-0.25, -0.2) is 0 Å². The highest BCUT2D eigenvalue weighted by molar-refractivity contribution is 4.81. The fraction of sp³-hybridized carbons (Fsp3) is 0.800. The monoisotopic (exact) mass is 188 g/mol. The van der Waals surface area contributed by atoms with E-state index in [0.29, 0.717) is 19.4 Å². The molecule has 13 heavy (non-hydrogen) atoms. The molecular weight excluding hydrogens is 168 g/mol. The number of aliphatic hydroxyl groups is 2. The van der Waals surface area contributed by atoms with E-state index in [9.17, 15) is 0 Å². The molecule has 0 aliphatic heterocycles. The number of hydrogen-bond acceptors (Lipinski definition) is 3. The van der Waals surface area contributed by atoms with Gasteiger partial charge in [-0.1, -0.05) is 13.0 Å². The van der Waals surface area contributed by atoms with Gasteiger partial charge >= 0.3 is 0 Å². The molecule has 0 saturated heterocycles. The molecule has 0 unspecified atom stereocenters. The molecule has 0 aromatic carbocycles. The summed E-state index contributed by atoms with van der Waals surface area (Å²) in [5, 5.41) is 17.7. The summed E-state index contributed by atoms with van der Waals surface area (Å²) in [5.74, 6) is 0. The Bertz CT molecular complexity index is 128. The average molecular weight is 188 g/mol. The van der Waals surface area contributed by atoms with Gasteiger partial charge in [0.25, 0.3) is 0 Å². The zero-order valence-corrected chi connectivity index (χ0v) is 8.33. The van der Waals surface area contributed by atoms with Crippen molar-refractivity contribution in [3.8, 4) is 0 Å². The number of rotatable bonds is 8. The predicted molar refractivity (Wildman–Crippen MR) is 52.6 cm³/mol. The first-order valence-electron chi connectivity index (χ1n) is 4.71. The zero-order chi connectivity index (χ0) is 10.2. The fourth-order valence-corrected chi connectivity index (χ4v) is 1.37. The first-order chi connectivity index (χ1) is 6.24. The van der Waals surface area contributed by atoms with Crippen molar-refractivity contribution in [1.82, 2.24) is 0 Å². The molecule has 0 saturated carbocycles. The minimum Gasteiger partial charge on any atom is -0.396 e. The van der Waals surface area contributed by atoms with Gasteiger partial charge < -0.3 is 14.9 Å². The lowest BCUT2D eigenvalue weighted by molar-refractivity contribution is -0.0637. The Kier molecular flexibility index (Phi) is 6.86. The maximum Gasteiger partial charge on any atom is 0.0727 e. The summed E-state index contributed by atoms with van der Waals surface area (Å²) in [6, 6.07) is 0. The molecule has 0 atom stereocenters. The predicted octanol–water partition coefficient (Wildman–Crippen LogP) is 1.10. The topological polar surface area (TPSA) is 49.7 Å². The van der Waals surface area contributed by atoms with E-state index >= 15 is 0 Å². The second-order valence-corrected chi connectivity index (χ2v) is 3.08. The van der Waals surface area contributed by atoms with Gasteiger partial charge in [0.05, 0.1) is 12.2 Å². The quantitative estimate of drug-likeness (QED) is 0.561. The van der Waals surface area contributed by atoms with Crippen LogP contribution in [0.1, 0.15) is 26.2 Å². The molecule has 0 rings (SSSR count). The van der Waals surface area contributed by atoms with Gasteiger partial charge in [-0.15, -0.1) is 6.58 Å². The highest BCUT2D eigenvalue weighted by atomic mass is 16.5. The molecule has 0 aromatic heterocycles. The molecule has 78 valence electrons. The zero-order valence-electron chi connectivity index (χ0n) is 8.33. The van der Waals surface area contributed by atoms with Crippen molar-refractivity contribution in [2.75, 3.05) is 19.8 Å². The fourth-order valence-electron chi connectivity index (χ4n) is 1.37. The number of hydrogen-bond donors (Lipinski definition) is 2. The molecule has 0 heterocycles. The SMILES string of the molecule is C=CCOC(CC)(CCO)CCO. The third-order valence-electron chi connectivity index (χ3n) is 2.29. The van der Waals surface area contributed by atoms with Gasteiger partial charge in [0, 0.05) is 13.2 Å². The van der Waals surface area contributed by atoms with Crippen molar-refractivity contribution in [3.63, 3.8) is 0 Å². The lowest BCUT2D eigenvalue weighted by atomic mass is 9.93. The standard InChI is InChI=1S/C10H20O3/c1-3-9-13-10(4-2,5-7-11)6-8-12/h3,11-12H,1,4-9H2,2H3. The van der Waals surface area contributed by atoms with E-state index in [1.54, 1.807) is 6.08 Å². The van der Waals surface area contributed by atoms with Crippen LogP contribution < -0.4 is 0 Å². The van der Waals surface area contributed by atoms with Gasteiger partial charge in [0.15, 0.2) is 0 Å². The molecule has 0 aromatic rings. The lowest BCUT2D eigenvalue weighted by Gasteiger charge is -2.31. The van der Waals surface area contributed by atoms with Crippen LogP contribution in [0, 0.1) is 0 Å². The molecule has 0 radical (unpaired) electrons. The molecule has 0 bridgehead atoms. The number of ether oxygens (including phenoxy) is 1. The molecular formula is C10H20O3. The van der Waals surface area contributed by atoms with E-state index in [1.165, 1.54) is 0 Å². The Morgan fingerprint density at radius 1 is 1.31 bits per heavy atom. The van der Waals surface area contributed by atoms with E-state index in [4.69, 9.17) is 14.9 Å². The normalized spacial score (nSPS) is 11.6. The molecule has 0 amide bonds. The minimum absolute atomic E-state index is 0.0883. The van der Waals surface area contributed by atoms with Crippen molar-refractivity contribution < 1.29 is 14.9 Å². The van der Waals surface area contributed by atoms with E-state index in [2.05, 4.69) is 6.58 Å². The van der Waals surface area contributed by atoms with Crippen molar-refractivity contribution in [2.45, 2.75) is 31.8 Å². The van der Waals surface area contributed by atoms with Gasteiger partial charge in [-0.3, -0.25) is 0 Å². The summed E-state index contributed by atoms with van der Waals surface area (Å²) in [4.78, 5) is 0. The second-order valence-electron chi connectivity index (χ2n) is 3.08. The second kappa shape index (κ2) is 7.06. The van der Waals surface area contributed by atoms with Crippen LogP contribution in [0.5, 0.6) is 0 Å². The Balaban J connectivity index is 4.15. The van der Waals surface area contributed by atoms with Crippen LogP contribution in [0.4, 0.5) is 0 Å². The van der Waals surface area contributed by atoms with Crippen molar-refractivity contribution in [1.29, 1.82) is 0 Å². The van der Waals surface area contributed by atoms with Crippen molar-refractivity contribution in [2.24, 2.45) is 0 Å². The molecule has 0 aliphatic rings. The van der Waals surface area contributed by atoms with Crippen molar-refractivity contribution in [3.05, 3.63) is 12.7 Å². The summed E-state index contributed by atoms with van der Waals surface area (Å²) in [6.07, 6.45) is 3.61. The Morgan fingerprint density at radius 2 is 1.85 bits per heavy atom. The largest absolute Gasteiger partial charge is 0.396 e. The van der Waals surface area contributed by atoms with Gasteiger partial charge in [0.2, 0.25) is 0 Å². The molecule has 0 fully saturated rings. The van der Waals surface area contributed by atoms with Gasteiger partial charge in [-0.05, 0) is 19.3 Å². The summed E-state index contributed by atoms with van der Waals surface area (Å²) in [5.41, 5.74) is -0.377. The van der Waals surface area contributed by atoms with E-state index < -0.39 is 0 Å². The average Bonchev–Trinajstić information content (AvgIpc) is 2.15. The maximum absolute atomic E-state index is 8.87. The van der Waals surface area contributed by atoms with Gasteiger partial charge in [0.1, 0.15) is 0 Å². The van der Waals surface area contributed by atoms with Crippen molar-refractivity contribution >= 4 is 0 Å². The third kappa shape index (κ3) is 4.41. The minimum atomic E-state index is -0.377. The number of aliphatic hydroxyl groups excluding tert-OH is 2. The van der Waals surface area contributed by atoms with Crippen LogP contribution in [0.15, 0.2) is 12.7 Å². The molecule has 2 N–H and O–H groups in total. The van der Waals surface area contributed by atoms with E-state index in [1.807, 2.05) is 6.92 Å². The summed E-state index contributed by atoms with van der Waals surface area (Å²) in [6.45, 7) is 6.21. The van der Waals surface area contributed by atoms with Crippen LogP contribution in [-0.2, 0) is 4.74 Å². The van der Waals surface area contributed by atoms with Crippen LogP contribution in [0.3, 0.4) is 0 Å². The summed E-state index contributed by atoms with van der Waals surface area (Å²) < 4.78 is 5.57. The highest BCUT2D eigenvalue weighted by Gasteiger charge is 2.27. The summed E-state index contributed by atoms with van der Waals surface area (Å²) in [7, 11) is 0. The summed E-state index contributed by atoms with van der Waals surface area (Å²) >= 11 is 0.